The van der Waals surface area contributed by atoms with Gasteiger partial charge < -0.3 is 4.90 Å². The average Bonchev–Trinajstić information content (AvgIpc) is 2.84. The maximum atomic E-state index is 12.5. The Kier molecular flexibility index (Phi) is 3.04. The molecule has 1 saturated heterocycles. The van der Waals surface area contributed by atoms with Crippen LogP contribution in [0.2, 0.25) is 0 Å². The number of carbonyl (C=O) groups excluding carboxylic acids is 1. The van der Waals surface area contributed by atoms with Gasteiger partial charge in [0.15, 0.2) is 0 Å². The number of carbonyl (C=O) groups is 1. The van der Waals surface area contributed by atoms with Gasteiger partial charge in [-0.05, 0) is 18.6 Å². The highest BCUT2D eigenvalue weighted by molar-refractivity contribution is 9.09. The van der Waals surface area contributed by atoms with Crippen molar-refractivity contribution in [2.45, 2.75) is 11.2 Å². The molecule has 1 aliphatic rings. The Morgan fingerprint density at radius 3 is 2.94 bits per heavy atom. The van der Waals surface area contributed by atoms with E-state index in [2.05, 4.69) is 20.9 Å². The zero-order valence-electron chi connectivity index (χ0n) is 9.84. The number of alkyl halides is 1. The first-order chi connectivity index (χ1) is 8.75. The lowest BCUT2D eigenvalue weighted by Crippen LogP contribution is -2.28. The van der Waals surface area contributed by atoms with Crippen LogP contribution in [0.25, 0.3) is 10.9 Å². The second-order valence-electron chi connectivity index (χ2n) is 4.51. The number of pyridine rings is 1. The smallest absolute Gasteiger partial charge is 0.254 e. The molecule has 1 aromatic heterocycles. The fraction of sp³-hybridized carbons (Fsp3) is 0.286. The third-order valence-electron chi connectivity index (χ3n) is 3.30. The van der Waals surface area contributed by atoms with Crippen LogP contribution in [0, 0.1) is 0 Å². The van der Waals surface area contributed by atoms with Crippen LogP contribution in [-0.2, 0) is 0 Å². The first-order valence-electron chi connectivity index (χ1n) is 6.03. The van der Waals surface area contributed by atoms with Crippen LogP contribution in [0.1, 0.15) is 16.8 Å². The van der Waals surface area contributed by atoms with E-state index in [0.717, 1.165) is 36.0 Å². The van der Waals surface area contributed by atoms with E-state index in [1.165, 1.54) is 0 Å². The molecule has 0 N–H and O–H groups in total. The first-order valence-corrected chi connectivity index (χ1v) is 6.94. The monoisotopic (exact) mass is 304 g/mol. The number of fused-ring (bicyclic) bond motifs is 1. The van der Waals surface area contributed by atoms with E-state index in [1.54, 1.807) is 6.20 Å². The highest BCUT2D eigenvalue weighted by Crippen LogP contribution is 2.22. The zero-order chi connectivity index (χ0) is 12.5. The van der Waals surface area contributed by atoms with Gasteiger partial charge in [-0.2, -0.15) is 0 Å². The van der Waals surface area contributed by atoms with Crippen LogP contribution in [0.4, 0.5) is 0 Å². The predicted octanol–water partition coefficient (Wildman–Crippen LogP) is 2.84. The normalized spacial score (nSPS) is 19.4. The Balaban J connectivity index is 2.01. The molecule has 0 radical (unpaired) electrons. The van der Waals surface area contributed by atoms with Crippen LogP contribution >= 0.6 is 15.9 Å². The number of hydrogen-bond donors (Lipinski definition) is 0. The molecule has 1 fully saturated rings. The van der Waals surface area contributed by atoms with Crippen molar-refractivity contribution < 1.29 is 4.79 Å². The van der Waals surface area contributed by atoms with E-state index in [0.29, 0.717) is 4.83 Å². The van der Waals surface area contributed by atoms with Crippen LogP contribution in [0.3, 0.4) is 0 Å². The number of para-hydroxylation sites is 1. The van der Waals surface area contributed by atoms with Gasteiger partial charge in [-0.15, -0.1) is 0 Å². The molecule has 1 atom stereocenters. The van der Waals surface area contributed by atoms with E-state index < -0.39 is 0 Å². The Labute approximate surface area is 114 Å². The second kappa shape index (κ2) is 4.69. The van der Waals surface area contributed by atoms with Gasteiger partial charge in [0.05, 0.1) is 11.1 Å². The summed E-state index contributed by atoms with van der Waals surface area (Å²) >= 11 is 3.56. The SMILES string of the molecule is O=C(c1ccnc2ccccc12)N1CCC(Br)C1. The van der Waals surface area contributed by atoms with Crippen molar-refractivity contribution >= 4 is 32.7 Å². The van der Waals surface area contributed by atoms with Crippen molar-refractivity contribution in [1.82, 2.24) is 9.88 Å². The van der Waals surface area contributed by atoms with E-state index in [4.69, 9.17) is 0 Å². The van der Waals surface area contributed by atoms with Crippen LogP contribution in [0.15, 0.2) is 36.5 Å². The molecule has 0 saturated carbocycles. The predicted molar refractivity (Wildman–Crippen MR) is 75.0 cm³/mol. The molecule has 1 unspecified atom stereocenters. The molecule has 0 bridgehead atoms. The lowest BCUT2D eigenvalue weighted by Gasteiger charge is -2.16. The summed E-state index contributed by atoms with van der Waals surface area (Å²) in [5.74, 6) is 0.107. The van der Waals surface area contributed by atoms with Gasteiger partial charge in [0, 0.05) is 29.5 Å². The summed E-state index contributed by atoms with van der Waals surface area (Å²) in [6.07, 6.45) is 2.73. The fourth-order valence-electron chi connectivity index (χ4n) is 2.35. The van der Waals surface area contributed by atoms with Crippen LogP contribution in [0.5, 0.6) is 0 Å². The Bertz CT molecular complexity index is 594. The molecule has 18 heavy (non-hydrogen) atoms. The minimum atomic E-state index is 0.107. The van der Waals surface area contributed by atoms with E-state index in [-0.39, 0.29) is 5.91 Å². The molecule has 3 rings (SSSR count). The summed E-state index contributed by atoms with van der Waals surface area (Å²) in [6.45, 7) is 1.61. The van der Waals surface area contributed by atoms with Gasteiger partial charge in [-0.1, -0.05) is 34.1 Å². The Hall–Kier alpha value is -1.42. The minimum Gasteiger partial charge on any atom is -0.337 e. The van der Waals surface area contributed by atoms with Crippen LogP contribution in [-0.4, -0.2) is 33.7 Å². The molecule has 1 aromatic carbocycles. The van der Waals surface area contributed by atoms with Crippen molar-refractivity contribution in [3.63, 3.8) is 0 Å². The van der Waals surface area contributed by atoms with E-state index >= 15 is 0 Å². The molecule has 0 aliphatic carbocycles. The Morgan fingerprint density at radius 1 is 1.33 bits per heavy atom. The molecule has 1 aliphatic heterocycles. The molecule has 0 spiro atoms. The number of rotatable bonds is 1. The fourth-order valence-corrected chi connectivity index (χ4v) is 2.91. The molecular formula is C14H13BrN2O. The van der Waals surface area contributed by atoms with Gasteiger partial charge in [-0.25, -0.2) is 0 Å². The molecular weight excluding hydrogens is 292 g/mol. The third-order valence-corrected chi connectivity index (χ3v) is 4.04. The highest BCUT2D eigenvalue weighted by Gasteiger charge is 2.26. The molecule has 4 heteroatoms. The summed E-state index contributed by atoms with van der Waals surface area (Å²) < 4.78 is 0. The summed E-state index contributed by atoms with van der Waals surface area (Å²) in [5, 5.41) is 0.933. The summed E-state index contributed by atoms with van der Waals surface area (Å²) in [6, 6.07) is 9.58. The number of aromatic nitrogens is 1. The number of likely N-dealkylation sites (tertiary alicyclic amines) is 1. The lowest BCUT2D eigenvalue weighted by atomic mass is 10.1. The van der Waals surface area contributed by atoms with E-state index in [1.807, 2.05) is 35.2 Å². The molecule has 3 nitrogen and oxygen atoms in total. The molecule has 1 amide bonds. The average molecular weight is 305 g/mol. The Morgan fingerprint density at radius 2 is 2.17 bits per heavy atom. The molecule has 2 aromatic rings. The van der Waals surface area contributed by atoms with Gasteiger partial charge in [0.1, 0.15) is 0 Å². The summed E-state index contributed by atoms with van der Waals surface area (Å²) in [5.41, 5.74) is 1.63. The number of amides is 1. The maximum Gasteiger partial charge on any atom is 0.254 e. The minimum absolute atomic E-state index is 0.107. The number of halogens is 1. The lowest BCUT2D eigenvalue weighted by molar-refractivity contribution is 0.0795. The van der Waals surface area contributed by atoms with Crippen molar-refractivity contribution in [3.05, 3.63) is 42.1 Å². The summed E-state index contributed by atoms with van der Waals surface area (Å²) in [7, 11) is 0. The number of benzene rings is 1. The molecule has 2 heterocycles. The van der Waals surface area contributed by atoms with Gasteiger partial charge in [0.2, 0.25) is 0 Å². The standard InChI is InChI=1S/C14H13BrN2O/c15-10-6-8-17(9-10)14(18)12-5-7-16-13-4-2-1-3-11(12)13/h1-5,7,10H,6,8-9H2. The van der Waals surface area contributed by atoms with Gasteiger partial charge in [0.25, 0.3) is 5.91 Å². The number of nitrogens with zero attached hydrogens (tertiary/aromatic N) is 2. The summed E-state index contributed by atoms with van der Waals surface area (Å²) in [4.78, 5) is 19.1. The van der Waals surface area contributed by atoms with Crippen molar-refractivity contribution in [2.24, 2.45) is 0 Å². The first kappa shape index (κ1) is 11.7. The third kappa shape index (κ3) is 2.01. The largest absolute Gasteiger partial charge is 0.337 e. The quantitative estimate of drug-likeness (QED) is 0.759. The van der Waals surface area contributed by atoms with Gasteiger partial charge >= 0.3 is 0 Å². The van der Waals surface area contributed by atoms with Crippen LogP contribution < -0.4 is 0 Å². The van der Waals surface area contributed by atoms with Crippen molar-refractivity contribution in [2.75, 3.05) is 13.1 Å². The molecule has 92 valence electrons. The van der Waals surface area contributed by atoms with Gasteiger partial charge in [-0.3, -0.25) is 9.78 Å². The number of hydrogen-bond acceptors (Lipinski definition) is 2. The topological polar surface area (TPSA) is 33.2 Å². The highest BCUT2D eigenvalue weighted by atomic mass is 79.9. The maximum absolute atomic E-state index is 12.5. The van der Waals surface area contributed by atoms with E-state index in [9.17, 15) is 4.79 Å². The zero-order valence-corrected chi connectivity index (χ0v) is 11.4. The second-order valence-corrected chi connectivity index (χ2v) is 5.81. The van der Waals surface area contributed by atoms with Crippen molar-refractivity contribution in [3.8, 4) is 0 Å². The van der Waals surface area contributed by atoms with Crippen molar-refractivity contribution in [1.29, 1.82) is 0 Å².